The van der Waals surface area contributed by atoms with E-state index < -0.39 is 9.84 Å². The molecule has 1 fully saturated rings. The summed E-state index contributed by atoms with van der Waals surface area (Å²) in [5.74, 6) is 1.49. The van der Waals surface area contributed by atoms with Crippen molar-refractivity contribution in [3.63, 3.8) is 0 Å². The maximum absolute atomic E-state index is 13.1. The van der Waals surface area contributed by atoms with Crippen molar-refractivity contribution in [2.24, 2.45) is 0 Å². The van der Waals surface area contributed by atoms with Gasteiger partial charge in [-0.25, -0.2) is 13.4 Å². The number of aromatic amines is 1. The molecule has 8 nitrogen and oxygen atoms in total. The van der Waals surface area contributed by atoms with Crippen molar-refractivity contribution < 1.29 is 17.9 Å². The van der Waals surface area contributed by atoms with Crippen molar-refractivity contribution >= 4 is 27.5 Å². The molecule has 0 saturated carbocycles. The van der Waals surface area contributed by atoms with Crippen LogP contribution in [0.15, 0.2) is 59.8 Å². The largest absolute Gasteiger partial charge is 0.497 e. The molecule has 1 amide bonds. The third-order valence-corrected chi connectivity index (χ3v) is 7.90. The molecule has 32 heavy (non-hydrogen) atoms. The van der Waals surface area contributed by atoms with E-state index in [1.165, 1.54) is 11.8 Å². The van der Waals surface area contributed by atoms with Gasteiger partial charge in [0.25, 0.3) is 0 Å². The van der Waals surface area contributed by atoms with Gasteiger partial charge in [0.2, 0.25) is 11.1 Å². The molecule has 2 aromatic carbocycles. The van der Waals surface area contributed by atoms with Crippen LogP contribution in [0.25, 0.3) is 11.4 Å². The van der Waals surface area contributed by atoms with Gasteiger partial charge in [-0.15, -0.1) is 5.10 Å². The van der Waals surface area contributed by atoms with Crippen molar-refractivity contribution in [3.8, 4) is 17.1 Å². The maximum Gasteiger partial charge on any atom is 0.233 e. The third-order valence-electron chi connectivity index (χ3n) is 5.32. The van der Waals surface area contributed by atoms with E-state index in [-0.39, 0.29) is 29.2 Å². The molecule has 1 N–H and O–H groups in total. The first-order valence-electron chi connectivity index (χ1n) is 10.2. The van der Waals surface area contributed by atoms with E-state index in [9.17, 15) is 13.2 Å². The zero-order valence-electron chi connectivity index (χ0n) is 17.6. The number of hydrogen-bond donors (Lipinski definition) is 1. The number of thioether (sulfide) groups is 1. The van der Waals surface area contributed by atoms with Gasteiger partial charge in [-0.1, -0.05) is 42.1 Å². The van der Waals surface area contributed by atoms with Gasteiger partial charge in [0, 0.05) is 18.2 Å². The quantitative estimate of drug-likeness (QED) is 0.503. The van der Waals surface area contributed by atoms with Gasteiger partial charge in [-0.2, -0.15) is 0 Å². The summed E-state index contributed by atoms with van der Waals surface area (Å²) in [5, 5.41) is 7.55. The minimum Gasteiger partial charge on any atom is -0.497 e. The molecule has 1 aromatic heterocycles. The molecule has 1 atom stereocenters. The van der Waals surface area contributed by atoms with Crippen molar-refractivity contribution in [1.82, 2.24) is 20.1 Å². The van der Waals surface area contributed by atoms with E-state index in [0.29, 0.717) is 23.9 Å². The number of amides is 1. The first-order valence-corrected chi connectivity index (χ1v) is 13.0. The van der Waals surface area contributed by atoms with Crippen LogP contribution in [0, 0.1) is 0 Å². The molecule has 0 unspecified atom stereocenters. The summed E-state index contributed by atoms with van der Waals surface area (Å²) in [7, 11) is -1.50. The maximum atomic E-state index is 13.1. The molecular weight excluding hydrogens is 448 g/mol. The van der Waals surface area contributed by atoms with Crippen LogP contribution in [-0.2, 0) is 21.2 Å². The van der Waals surface area contributed by atoms with E-state index in [1.54, 1.807) is 12.0 Å². The van der Waals surface area contributed by atoms with Crippen molar-refractivity contribution in [3.05, 3.63) is 60.2 Å². The fourth-order valence-corrected chi connectivity index (χ4v) is 6.04. The fraction of sp³-hybridized carbons (Fsp3) is 0.318. The molecular formula is C22H24N4O4S2. The molecule has 4 rings (SSSR count). The molecule has 168 valence electrons. The van der Waals surface area contributed by atoms with Gasteiger partial charge >= 0.3 is 0 Å². The smallest absolute Gasteiger partial charge is 0.233 e. The normalized spacial score (nSPS) is 17.2. The summed E-state index contributed by atoms with van der Waals surface area (Å²) in [5.41, 5.74) is 1.83. The molecule has 1 aliphatic heterocycles. The fourth-order valence-electron chi connectivity index (χ4n) is 3.62. The lowest BCUT2D eigenvalue weighted by atomic mass is 10.1. The Bertz CT molecular complexity index is 1160. The number of ether oxygens (including phenoxy) is 1. The minimum absolute atomic E-state index is 0.0124. The van der Waals surface area contributed by atoms with Gasteiger partial charge in [0.15, 0.2) is 15.7 Å². The van der Waals surface area contributed by atoms with Crippen LogP contribution >= 0.6 is 11.8 Å². The average molecular weight is 473 g/mol. The van der Waals surface area contributed by atoms with Gasteiger partial charge in [-0.05, 0) is 36.2 Å². The summed E-state index contributed by atoms with van der Waals surface area (Å²) in [6, 6.07) is 16.7. The number of nitrogens with one attached hydrogen (secondary N) is 1. The number of carbonyl (C=O) groups excluding carboxylic acids is 1. The highest BCUT2D eigenvalue weighted by molar-refractivity contribution is 7.99. The van der Waals surface area contributed by atoms with E-state index >= 15 is 0 Å². The topological polar surface area (TPSA) is 105 Å². The Morgan fingerprint density at radius 3 is 2.59 bits per heavy atom. The number of hydrogen-bond acceptors (Lipinski definition) is 7. The van der Waals surface area contributed by atoms with Crippen LogP contribution in [0.2, 0.25) is 0 Å². The predicted molar refractivity (Wildman–Crippen MR) is 123 cm³/mol. The van der Waals surface area contributed by atoms with Gasteiger partial charge in [-0.3, -0.25) is 9.89 Å². The lowest BCUT2D eigenvalue weighted by Crippen LogP contribution is -2.41. The number of benzene rings is 2. The van der Waals surface area contributed by atoms with Crippen LogP contribution in [0.4, 0.5) is 0 Å². The molecule has 3 aromatic rings. The van der Waals surface area contributed by atoms with Crippen molar-refractivity contribution in [1.29, 1.82) is 0 Å². The number of methoxy groups -OCH3 is 1. The average Bonchev–Trinajstić information content (AvgIpc) is 3.43. The zero-order valence-corrected chi connectivity index (χ0v) is 19.2. The van der Waals surface area contributed by atoms with Crippen molar-refractivity contribution in [2.75, 3.05) is 24.4 Å². The number of aromatic nitrogens is 3. The van der Waals surface area contributed by atoms with E-state index in [2.05, 4.69) is 15.2 Å². The number of sulfone groups is 1. The lowest BCUT2D eigenvalue weighted by Gasteiger charge is -2.28. The monoisotopic (exact) mass is 472 g/mol. The lowest BCUT2D eigenvalue weighted by molar-refractivity contribution is -0.130. The molecule has 1 saturated heterocycles. The molecule has 10 heteroatoms. The highest BCUT2D eigenvalue weighted by atomic mass is 32.2. The Morgan fingerprint density at radius 2 is 1.94 bits per heavy atom. The number of carbonyl (C=O) groups is 1. The number of H-pyrrole nitrogens is 1. The standard InChI is InChI=1S/C22H24N4O4S2/c1-30-19-9-7-17(8-10-19)21-23-22(25-24-21)31-14-20(27)26(13-16-5-3-2-4-6-16)18-11-12-32(28,29)15-18/h2-10,18H,11-15H2,1H3,(H,23,24,25)/t18-/m1/s1. The summed E-state index contributed by atoms with van der Waals surface area (Å²) in [6.07, 6.45) is 0.466. The Balaban J connectivity index is 1.43. The zero-order chi connectivity index (χ0) is 22.6. The van der Waals surface area contributed by atoms with Crippen LogP contribution in [0.3, 0.4) is 0 Å². The minimum atomic E-state index is -3.11. The first-order chi connectivity index (χ1) is 15.4. The van der Waals surface area contributed by atoms with E-state index in [1.807, 2.05) is 54.6 Å². The molecule has 0 bridgehead atoms. The van der Waals surface area contributed by atoms with E-state index in [0.717, 1.165) is 16.9 Å². The van der Waals surface area contributed by atoms with Crippen LogP contribution < -0.4 is 4.74 Å². The summed E-state index contributed by atoms with van der Waals surface area (Å²) in [6.45, 7) is 0.380. The highest BCUT2D eigenvalue weighted by Crippen LogP contribution is 2.24. The third kappa shape index (κ3) is 5.49. The molecule has 1 aliphatic rings. The summed E-state index contributed by atoms with van der Waals surface area (Å²) >= 11 is 1.23. The highest BCUT2D eigenvalue weighted by Gasteiger charge is 2.34. The van der Waals surface area contributed by atoms with Gasteiger partial charge in [0.1, 0.15) is 5.75 Å². The summed E-state index contributed by atoms with van der Waals surface area (Å²) < 4.78 is 29.2. The number of rotatable bonds is 8. The predicted octanol–water partition coefficient (Wildman–Crippen LogP) is 2.79. The molecule has 0 spiro atoms. The SMILES string of the molecule is COc1ccc(-c2nc(SCC(=O)N(Cc3ccccc3)[C@@H]3CCS(=O)(=O)C3)n[nH]2)cc1. The summed E-state index contributed by atoms with van der Waals surface area (Å²) in [4.78, 5) is 19.2. The van der Waals surface area contributed by atoms with Crippen LogP contribution in [-0.4, -0.2) is 64.8 Å². The Kier molecular flexibility index (Phi) is 6.80. The van der Waals surface area contributed by atoms with Crippen molar-refractivity contribution in [2.45, 2.75) is 24.2 Å². The first kappa shape index (κ1) is 22.3. The Morgan fingerprint density at radius 1 is 1.19 bits per heavy atom. The Hall–Kier alpha value is -2.85. The van der Waals surface area contributed by atoms with Gasteiger partial charge in [0.05, 0.1) is 24.4 Å². The second kappa shape index (κ2) is 9.74. The molecule has 2 heterocycles. The van der Waals surface area contributed by atoms with Gasteiger partial charge < -0.3 is 9.64 Å². The van der Waals surface area contributed by atoms with Crippen LogP contribution in [0.5, 0.6) is 5.75 Å². The van der Waals surface area contributed by atoms with E-state index in [4.69, 9.17) is 4.74 Å². The molecule has 0 aliphatic carbocycles. The second-order valence-corrected chi connectivity index (χ2v) is 10.7. The van der Waals surface area contributed by atoms with Crippen LogP contribution in [0.1, 0.15) is 12.0 Å². The second-order valence-electron chi connectivity index (χ2n) is 7.55. The molecule has 0 radical (unpaired) electrons. The Labute approximate surface area is 191 Å². The number of nitrogens with zero attached hydrogens (tertiary/aromatic N) is 3.